The van der Waals surface area contributed by atoms with Gasteiger partial charge in [-0.2, -0.15) is 0 Å². The minimum Gasteiger partial charge on any atom is -0.384 e. The van der Waals surface area contributed by atoms with Crippen molar-refractivity contribution in [1.82, 2.24) is 10.2 Å². The van der Waals surface area contributed by atoms with E-state index in [-0.39, 0.29) is 24.9 Å². The van der Waals surface area contributed by atoms with Crippen LogP contribution in [0.4, 0.5) is 4.39 Å². The Labute approximate surface area is 125 Å². The van der Waals surface area contributed by atoms with Gasteiger partial charge in [0.15, 0.2) is 0 Å². The van der Waals surface area contributed by atoms with Crippen LogP contribution >= 0.6 is 0 Å². The van der Waals surface area contributed by atoms with Crippen LogP contribution < -0.4 is 5.32 Å². The van der Waals surface area contributed by atoms with Crippen LogP contribution in [0, 0.1) is 17.7 Å². The Bertz CT molecular complexity index is 535. The van der Waals surface area contributed by atoms with Gasteiger partial charge in [-0.15, -0.1) is 0 Å². The molecule has 5 heteroatoms. The summed E-state index contributed by atoms with van der Waals surface area (Å²) in [5, 5.41) is 11.2. The minimum absolute atomic E-state index is 0.0886. The van der Waals surface area contributed by atoms with E-state index in [1.807, 2.05) is 11.8 Å². The summed E-state index contributed by atoms with van der Waals surface area (Å²) in [7, 11) is 1.58. The third kappa shape index (κ3) is 5.94. The Morgan fingerprint density at radius 2 is 2.24 bits per heavy atom. The van der Waals surface area contributed by atoms with E-state index >= 15 is 0 Å². The van der Waals surface area contributed by atoms with Crippen molar-refractivity contribution in [2.24, 2.45) is 0 Å². The zero-order valence-electron chi connectivity index (χ0n) is 12.4. The first-order valence-corrected chi connectivity index (χ1v) is 6.91. The van der Waals surface area contributed by atoms with Crippen LogP contribution in [-0.4, -0.2) is 42.7 Å². The van der Waals surface area contributed by atoms with Gasteiger partial charge in [-0.1, -0.05) is 24.8 Å². The number of halogens is 1. The monoisotopic (exact) mass is 292 g/mol. The van der Waals surface area contributed by atoms with Gasteiger partial charge in [-0.05, 0) is 25.1 Å². The Kier molecular flexibility index (Phi) is 7.44. The molecule has 0 fully saturated rings. The normalized spacial score (nSPS) is 10.1. The molecule has 0 aliphatic rings. The molecule has 0 unspecified atom stereocenters. The van der Waals surface area contributed by atoms with Crippen molar-refractivity contribution in [3.05, 3.63) is 35.1 Å². The first kappa shape index (κ1) is 17.2. The smallest absolute Gasteiger partial charge is 0.233 e. The SMILES string of the molecule is CCCN(CC(=O)NC)Cc1ccc(C#CCO)cc1F. The van der Waals surface area contributed by atoms with Gasteiger partial charge in [0.25, 0.3) is 0 Å². The predicted octanol–water partition coefficient (Wildman–Crippen LogP) is 1.13. The largest absolute Gasteiger partial charge is 0.384 e. The van der Waals surface area contributed by atoms with Crippen LogP contribution in [-0.2, 0) is 11.3 Å². The first-order valence-electron chi connectivity index (χ1n) is 6.91. The molecule has 1 amide bonds. The van der Waals surface area contributed by atoms with Gasteiger partial charge in [0.1, 0.15) is 12.4 Å². The van der Waals surface area contributed by atoms with Crippen LogP contribution in [0.5, 0.6) is 0 Å². The molecular formula is C16H21FN2O2. The van der Waals surface area contributed by atoms with Gasteiger partial charge in [0.2, 0.25) is 5.91 Å². The van der Waals surface area contributed by atoms with Crippen LogP contribution in [0.15, 0.2) is 18.2 Å². The number of aliphatic hydroxyl groups excluding tert-OH is 1. The highest BCUT2D eigenvalue weighted by atomic mass is 19.1. The zero-order valence-corrected chi connectivity index (χ0v) is 12.4. The third-order valence-electron chi connectivity index (χ3n) is 2.94. The van der Waals surface area contributed by atoms with E-state index in [1.54, 1.807) is 19.2 Å². The highest BCUT2D eigenvalue weighted by Crippen LogP contribution is 2.13. The molecule has 114 valence electrons. The van der Waals surface area contributed by atoms with Crippen molar-refractivity contribution >= 4 is 5.91 Å². The van der Waals surface area contributed by atoms with E-state index < -0.39 is 0 Å². The first-order chi connectivity index (χ1) is 10.1. The molecule has 0 saturated heterocycles. The Morgan fingerprint density at radius 1 is 1.48 bits per heavy atom. The maximum Gasteiger partial charge on any atom is 0.233 e. The molecule has 0 spiro atoms. The summed E-state index contributed by atoms with van der Waals surface area (Å²) in [5.41, 5.74) is 1.06. The molecule has 4 nitrogen and oxygen atoms in total. The highest BCUT2D eigenvalue weighted by Gasteiger charge is 2.12. The molecule has 0 saturated carbocycles. The van der Waals surface area contributed by atoms with Gasteiger partial charge in [0.05, 0.1) is 6.54 Å². The predicted molar refractivity (Wildman–Crippen MR) is 80.0 cm³/mol. The van der Waals surface area contributed by atoms with Gasteiger partial charge in [-0.25, -0.2) is 4.39 Å². The molecule has 1 rings (SSSR count). The Hall–Kier alpha value is -1.90. The number of nitrogens with zero attached hydrogens (tertiary/aromatic N) is 1. The van der Waals surface area contributed by atoms with Gasteiger partial charge >= 0.3 is 0 Å². The van der Waals surface area contributed by atoms with E-state index in [0.717, 1.165) is 13.0 Å². The summed E-state index contributed by atoms with van der Waals surface area (Å²) in [6.45, 7) is 3.11. The molecule has 0 radical (unpaired) electrons. The van der Waals surface area contributed by atoms with Crippen LogP contribution in [0.25, 0.3) is 0 Å². The van der Waals surface area contributed by atoms with Gasteiger partial charge in [0, 0.05) is 24.7 Å². The highest BCUT2D eigenvalue weighted by molar-refractivity contribution is 5.77. The molecule has 0 aromatic heterocycles. The molecule has 1 aromatic rings. The summed E-state index contributed by atoms with van der Waals surface area (Å²) in [5.74, 6) is 4.71. The topological polar surface area (TPSA) is 52.6 Å². The molecule has 0 heterocycles. The van der Waals surface area contributed by atoms with E-state index in [9.17, 15) is 9.18 Å². The number of carbonyl (C=O) groups excluding carboxylic acids is 1. The summed E-state index contributed by atoms with van der Waals surface area (Å²) in [6.07, 6.45) is 0.888. The number of likely N-dealkylation sites (N-methyl/N-ethyl adjacent to an activating group) is 1. The quantitative estimate of drug-likeness (QED) is 0.773. The number of hydrogen-bond donors (Lipinski definition) is 2. The number of hydrogen-bond acceptors (Lipinski definition) is 3. The lowest BCUT2D eigenvalue weighted by Gasteiger charge is -2.21. The minimum atomic E-state index is -0.349. The number of carbonyl (C=O) groups is 1. The van der Waals surface area contributed by atoms with Crippen molar-refractivity contribution in [1.29, 1.82) is 0 Å². The van der Waals surface area contributed by atoms with Gasteiger partial charge in [-0.3, -0.25) is 9.69 Å². The lowest BCUT2D eigenvalue weighted by atomic mass is 10.1. The molecule has 1 aromatic carbocycles. The fraction of sp³-hybridized carbons (Fsp3) is 0.438. The Morgan fingerprint density at radius 3 is 2.81 bits per heavy atom. The lowest BCUT2D eigenvalue weighted by Crippen LogP contribution is -2.35. The fourth-order valence-electron chi connectivity index (χ4n) is 1.95. The number of aliphatic hydroxyl groups is 1. The molecule has 0 aliphatic carbocycles. The molecule has 0 aliphatic heterocycles. The second-order valence-electron chi connectivity index (χ2n) is 4.65. The third-order valence-corrected chi connectivity index (χ3v) is 2.94. The Balaban J connectivity index is 2.81. The maximum atomic E-state index is 14.0. The fourth-order valence-corrected chi connectivity index (χ4v) is 1.95. The van der Waals surface area contributed by atoms with Crippen LogP contribution in [0.3, 0.4) is 0 Å². The average Bonchev–Trinajstić information content (AvgIpc) is 2.47. The van der Waals surface area contributed by atoms with E-state index in [2.05, 4.69) is 17.2 Å². The maximum absolute atomic E-state index is 14.0. The number of nitrogens with one attached hydrogen (secondary N) is 1. The summed E-state index contributed by atoms with van der Waals surface area (Å²) < 4.78 is 14.0. The summed E-state index contributed by atoms with van der Waals surface area (Å²) in [4.78, 5) is 13.4. The number of amides is 1. The van der Waals surface area contributed by atoms with Gasteiger partial charge < -0.3 is 10.4 Å². The van der Waals surface area contributed by atoms with E-state index in [1.165, 1.54) is 6.07 Å². The molecule has 21 heavy (non-hydrogen) atoms. The molecule has 0 atom stereocenters. The number of rotatable bonds is 6. The van der Waals surface area contributed by atoms with Crippen molar-refractivity contribution in [3.8, 4) is 11.8 Å². The second-order valence-corrected chi connectivity index (χ2v) is 4.65. The van der Waals surface area contributed by atoms with E-state index in [4.69, 9.17) is 5.11 Å². The molecule has 0 bridgehead atoms. The van der Waals surface area contributed by atoms with Crippen LogP contribution in [0.2, 0.25) is 0 Å². The summed E-state index contributed by atoms with van der Waals surface area (Å²) >= 11 is 0. The second kappa shape index (κ2) is 9.11. The standard InChI is InChI=1S/C16H21FN2O2/c1-3-8-19(12-16(21)18-2)11-14-7-6-13(5-4-9-20)10-15(14)17/h6-7,10,20H,3,8-9,11-12H2,1-2H3,(H,18,21). The lowest BCUT2D eigenvalue weighted by molar-refractivity contribution is -0.121. The van der Waals surface area contributed by atoms with Crippen molar-refractivity contribution < 1.29 is 14.3 Å². The zero-order chi connectivity index (χ0) is 15.7. The summed E-state index contributed by atoms with van der Waals surface area (Å²) in [6, 6.07) is 4.73. The average molecular weight is 292 g/mol. The van der Waals surface area contributed by atoms with E-state index in [0.29, 0.717) is 17.7 Å². The molecular weight excluding hydrogens is 271 g/mol. The van der Waals surface area contributed by atoms with Crippen molar-refractivity contribution in [2.45, 2.75) is 19.9 Å². The van der Waals surface area contributed by atoms with Crippen molar-refractivity contribution in [3.63, 3.8) is 0 Å². The number of benzene rings is 1. The van der Waals surface area contributed by atoms with Crippen LogP contribution in [0.1, 0.15) is 24.5 Å². The van der Waals surface area contributed by atoms with Crippen molar-refractivity contribution in [2.75, 3.05) is 26.7 Å². The molecule has 2 N–H and O–H groups in total.